The molecule has 1 unspecified atom stereocenters. The van der Waals surface area contributed by atoms with E-state index in [9.17, 15) is 4.79 Å². The summed E-state index contributed by atoms with van der Waals surface area (Å²) in [6.07, 6.45) is 1.68. The third-order valence-electron chi connectivity index (χ3n) is 3.13. The molecule has 1 heterocycles. The lowest BCUT2D eigenvalue weighted by Gasteiger charge is -2.33. The lowest BCUT2D eigenvalue weighted by atomic mass is 10.1. The monoisotopic (exact) mass is 354 g/mol. The van der Waals surface area contributed by atoms with Gasteiger partial charge >= 0.3 is 5.97 Å². The highest BCUT2D eigenvalue weighted by molar-refractivity contribution is 6.69. The van der Waals surface area contributed by atoms with Crippen LogP contribution >= 0.6 is 11.6 Å². The predicted octanol–water partition coefficient (Wildman–Crippen LogP) is 4.82. The quantitative estimate of drug-likeness (QED) is 0.562. The van der Waals surface area contributed by atoms with Crippen molar-refractivity contribution in [2.24, 2.45) is 0 Å². The summed E-state index contributed by atoms with van der Waals surface area (Å²) in [4.78, 5) is 11.7. The van der Waals surface area contributed by atoms with E-state index in [1.807, 2.05) is 24.3 Å². The second kappa shape index (κ2) is 6.67. The van der Waals surface area contributed by atoms with Crippen molar-refractivity contribution in [1.82, 2.24) is 0 Å². The minimum atomic E-state index is -1.79. The Morgan fingerprint density at radius 3 is 2.30 bits per heavy atom. The van der Waals surface area contributed by atoms with Crippen molar-refractivity contribution in [2.75, 3.05) is 0 Å². The number of benzene rings is 1. The third kappa shape index (κ3) is 5.68. The van der Waals surface area contributed by atoms with E-state index in [-0.39, 0.29) is 12.1 Å². The van der Waals surface area contributed by atoms with Gasteiger partial charge in [-0.2, -0.15) is 0 Å². The first-order valence-electron chi connectivity index (χ1n) is 7.60. The number of halogens is 1. The third-order valence-corrected chi connectivity index (χ3v) is 4.37. The van der Waals surface area contributed by atoms with Gasteiger partial charge in [-0.05, 0) is 37.3 Å². The van der Waals surface area contributed by atoms with Crippen molar-refractivity contribution in [2.45, 2.75) is 51.8 Å². The highest BCUT2D eigenvalue weighted by atomic mass is 35.5. The standard InChI is InChI=1S/C17H23ClO4Si/c1-17(2)20-14(11-16(19)21-17)10-15(22-23(3,4)5)12-6-8-13(18)9-7-12/h6-9,11,15H,10H2,1-5H3. The molecule has 0 amide bonds. The summed E-state index contributed by atoms with van der Waals surface area (Å²) in [5.41, 5.74) is 1.01. The van der Waals surface area contributed by atoms with Crippen LogP contribution in [-0.4, -0.2) is 20.1 Å². The fourth-order valence-corrected chi connectivity index (χ4v) is 3.58. The second-order valence-corrected chi connectivity index (χ2v) is 11.9. The summed E-state index contributed by atoms with van der Waals surface area (Å²) < 4.78 is 17.2. The average Bonchev–Trinajstić information content (AvgIpc) is 2.34. The maximum Gasteiger partial charge on any atom is 0.337 e. The molecule has 4 nitrogen and oxygen atoms in total. The van der Waals surface area contributed by atoms with Crippen LogP contribution in [-0.2, 0) is 18.7 Å². The Morgan fingerprint density at radius 2 is 1.78 bits per heavy atom. The number of cyclic esters (lactones) is 1. The van der Waals surface area contributed by atoms with Crippen LogP contribution in [0.2, 0.25) is 24.7 Å². The Morgan fingerprint density at radius 1 is 1.17 bits per heavy atom. The van der Waals surface area contributed by atoms with Gasteiger partial charge in [0.2, 0.25) is 5.79 Å². The first-order chi connectivity index (χ1) is 10.5. The molecule has 6 heteroatoms. The normalized spacial score (nSPS) is 18.7. The maximum absolute atomic E-state index is 11.7. The van der Waals surface area contributed by atoms with E-state index in [1.54, 1.807) is 13.8 Å². The first-order valence-corrected chi connectivity index (χ1v) is 11.4. The molecule has 0 bridgehead atoms. The van der Waals surface area contributed by atoms with Gasteiger partial charge in [0, 0.05) is 25.3 Å². The molecule has 0 N–H and O–H groups in total. The average molecular weight is 355 g/mol. The van der Waals surface area contributed by atoms with Crippen LogP contribution in [0, 0.1) is 0 Å². The molecule has 23 heavy (non-hydrogen) atoms. The minimum Gasteiger partial charge on any atom is -0.457 e. The van der Waals surface area contributed by atoms with Gasteiger partial charge in [0.1, 0.15) is 5.76 Å². The fourth-order valence-electron chi connectivity index (χ4n) is 2.38. The van der Waals surface area contributed by atoms with Crippen molar-refractivity contribution in [3.05, 3.63) is 46.7 Å². The van der Waals surface area contributed by atoms with E-state index in [2.05, 4.69) is 19.6 Å². The van der Waals surface area contributed by atoms with E-state index in [1.165, 1.54) is 6.08 Å². The Balaban J connectivity index is 2.24. The number of carbonyl (C=O) groups excluding carboxylic acids is 1. The van der Waals surface area contributed by atoms with E-state index < -0.39 is 14.1 Å². The van der Waals surface area contributed by atoms with E-state index in [0.717, 1.165) is 5.56 Å². The van der Waals surface area contributed by atoms with Crippen molar-refractivity contribution in [1.29, 1.82) is 0 Å². The SMILES string of the molecule is CC1(C)OC(=O)C=C(CC(O[Si](C)(C)C)c2ccc(Cl)cc2)O1. The lowest BCUT2D eigenvalue weighted by Crippen LogP contribution is -2.35. The van der Waals surface area contributed by atoms with Crippen molar-refractivity contribution < 1.29 is 18.7 Å². The molecule has 0 saturated carbocycles. The van der Waals surface area contributed by atoms with Crippen LogP contribution < -0.4 is 0 Å². The molecular weight excluding hydrogens is 332 g/mol. The number of hydrogen-bond acceptors (Lipinski definition) is 4. The van der Waals surface area contributed by atoms with Crippen molar-refractivity contribution in [3.8, 4) is 0 Å². The Labute approximate surface area is 143 Å². The van der Waals surface area contributed by atoms with Crippen LogP contribution in [0.5, 0.6) is 0 Å². The largest absolute Gasteiger partial charge is 0.457 e. The van der Waals surface area contributed by atoms with Gasteiger partial charge in [0.15, 0.2) is 8.32 Å². The van der Waals surface area contributed by atoms with Crippen LogP contribution in [0.1, 0.15) is 31.9 Å². The van der Waals surface area contributed by atoms with E-state index >= 15 is 0 Å². The fraction of sp³-hybridized carbons (Fsp3) is 0.471. The number of hydrogen-bond donors (Lipinski definition) is 0. The highest BCUT2D eigenvalue weighted by Gasteiger charge is 2.32. The van der Waals surface area contributed by atoms with E-state index in [4.69, 9.17) is 25.5 Å². The topological polar surface area (TPSA) is 44.8 Å². The zero-order valence-electron chi connectivity index (χ0n) is 14.2. The van der Waals surface area contributed by atoms with Gasteiger partial charge in [-0.15, -0.1) is 0 Å². The molecule has 0 spiro atoms. The molecule has 126 valence electrons. The van der Waals surface area contributed by atoms with Gasteiger partial charge in [-0.3, -0.25) is 0 Å². The summed E-state index contributed by atoms with van der Waals surface area (Å²) in [6, 6.07) is 7.57. The molecule has 0 radical (unpaired) electrons. The summed E-state index contributed by atoms with van der Waals surface area (Å²) in [5, 5.41) is 0.679. The number of carbonyl (C=O) groups is 1. The molecule has 1 atom stereocenters. The van der Waals surface area contributed by atoms with Crippen LogP contribution in [0.4, 0.5) is 0 Å². The minimum absolute atomic E-state index is 0.188. The summed E-state index contributed by atoms with van der Waals surface area (Å²) in [7, 11) is -1.79. The summed E-state index contributed by atoms with van der Waals surface area (Å²) in [6.45, 7) is 9.82. The Kier molecular flexibility index (Phi) is 5.23. The van der Waals surface area contributed by atoms with Crippen LogP contribution in [0.25, 0.3) is 0 Å². The van der Waals surface area contributed by atoms with Crippen molar-refractivity contribution in [3.63, 3.8) is 0 Å². The molecule has 1 aliphatic heterocycles. The predicted molar refractivity (Wildman–Crippen MR) is 92.6 cm³/mol. The van der Waals surface area contributed by atoms with Crippen LogP contribution in [0.15, 0.2) is 36.1 Å². The smallest absolute Gasteiger partial charge is 0.337 e. The molecule has 0 aliphatic carbocycles. The number of esters is 1. The number of rotatable bonds is 5. The Bertz CT molecular complexity index is 602. The van der Waals surface area contributed by atoms with Gasteiger partial charge in [0.05, 0.1) is 12.2 Å². The summed E-state index contributed by atoms with van der Waals surface area (Å²) >= 11 is 5.97. The molecule has 2 rings (SSSR count). The molecule has 1 aliphatic rings. The van der Waals surface area contributed by atoms with E-state index in [0.29, 0.717) is 17.2 Å². The first kappa shape index (κ1) is 18.0. The zero-order chi connectivity index (χ0) is 17.3. The molecule has 1 aromatic rings. The maximum atomic E-state index is 11.7. The van der Waals surface area contributed by atoms with Crippen molar-refractivity contribution >= 4 is 25.9 Å². The van der Waals surface area contributed by atoms with Gasteiger partial charge in [0.25, 0.3) is 0 Å². The van der Waals surface area contributed by atoms with Crippen LogP contribution in [0.3, 0.4) is 0 Å². The lowest BCUT2D eigenvalue weighted by molar-refractivity contribution is -0.206. The molecule has 0 saturated heterocycles. The van der Waals surface area contributed by atoms with Gasteiger partial charge in [-0.25, -0.2) is 4.79 Å². The summed E-state index contributed by atoms with van der Waals surface area (Å²) in [5.74, 6) is -0.770. The zero-order valence-corrected chi connectivity index (χ0v) is 15.9. The number of ether oxygens (including phenoxy) is 2. The highest BCUT2D eigenvalue weighted by Crippen LogP contribution is 2.33. The molecule has 1 aromatic carbocycles. The second-order valence-electron chi connectivity index (χ2n) is 7.01. The molecule has 0 fully saturated rings. The van der Waals surface area contributed by atoms with Gasteiger partial charge in [-0.1, -0.05) is 23.7 Å². The molecule has 0 aromatic heterocycles. The van der Waals surface area contributed by atoms with Gasteiger partial charge < -0.3 is 13.9 Å². The molecular formula is C17H23ClO4Si. The Hall–Kier alpha value is -1.30.